The van der Waals surface area contributed by atoms with Crippen molar-refractivity contribution >= 4 is 49.7 Å². The molecule has 13 heteroatoms. The molecule has 4 aromatic rings. The highest BCUT2D eigenvalue weighted by atomic mass is 79.9. The lowest BCUT2D eigenvalue weighted by Gasteiger charge is -2.37. The summed E-state index contributed by atoms with van der Waals surface area (Å²) in [5, 5.41) is 22.4. The van der Waals surface area contributed by atoms with Gasteiger partial charge in [-0.2, -0.15) is 23.3 Å². The molecule has 0 aliphatic heterocycles. The molecule has 3 heterocycles. The van der Waals surface area contributed by atoms with Gasteiger partial charge in [-0.3, -0.25) is 9.78 Å². The van der Waals surface area contributed by atoms with Crippen LogP contribution in [-0.2, 0) is 4.79 Å². The number of carbonyl (C=O) groups is 1. The van der Waals surface area contributed by atoms with E-state index in [1.807, 2.05) is 30.3 Å². The molecule has 2 atom stereocenters. The highest BCUT2D eigenvalue weighted by Crippen LogP contribution is 2.41. The van der Waals surface area contributed by atoms with E-state index in [2.05, 4.69) is 41.6 Å². The van der Waals surface area contributed by atoms with Crippen molar-refractivity contribution in [1.29, 1.82) is 0 Å². The number of aromatic nitrogens is 5. The van der Waals surface area contributed by atoms with Gasteiger partial charge in [0, 0.05) is 35.8 Å². The number of alkyl halides is 3. The lowest BCUT2D eigenvalue weighted by Crippen LogP contribution is -2.51. The summed E-state index contributed by atoms with van der Waals surface area (Å²) in [4.78, 5) is 26.4. The van der Waals surface area contributed by atoms with Gasteiger partial charge in [0.05, 0.1) is 16.6 Å². The number of pyridine rings is 1. The summed E-state index contributed by atoms with van der Waals surface area (Å²) >= 11 is 3.50. The molecule has 1 aromatic carbocycles. The first-order valence-electron chi connectivity index (χ1n) is 13.2. The van der Waals surface area contributed by atoms with E-state index in [0.29, 0.717) is 29.0 Å². The third-order valence-corrected chi connectivity index (χ3v) is 8.62. The third-order valence-electron chi connectivity index (χ3n) is 8.03. The minimum atomic E-state index is -4.65. The maximum absolute atomic E-state index is 13.1. The van der Waals surface area contributed by atoms with Crippen molar-refractivity contribution in [3.05, 3.63) is 47.3 Å². The highest BCUT2D eigenvalue weighted by molar-refractivity contribution is 9.10. The number of halogens is 4. The molecule has 2 aliphatic rings. The van der Waals surface area contributed by atoms with Crippen molar-refractivity contribution in [2.45, 2.75) is 68.8 Å². The van der Waals surface area contributed by atoms with E-state index >= 15 is 0 Å². The summed E-state index contributed by atoms with van der Waals surface area (Å²) in [5.74, 6) is 0.0137. The van der Waals surface area contributed by atoms with Gasteiger partial charge in [-0.05, 0) is 85.1 Å². The molecule has 6 rings (SSSR count). The normalized spacial score (nSPS) is 25.4. The number of nitrogens with one attached hydrogen (secondary N) is 2. The van der Waals surface area contributed by atoms with E-state index in [1.165, 1.54) is 0 Å². The Morgan fingerprint density at radius 3 is 2.67 bits per heavy atom. The van der Waals surface area contributed by atoms with Crippen molar-refractivity contribution in [1.82, 2.24) is 30.0 Å². The van der Waals surface area contributed by atoms with E-state index in [-0.39, 0.29) is 36.8 Å². The molecule has 210 valence electrons. The molecule has 0 unspecified atom stereocenters. The molecule has 9 nitrogen and oxygen atoms in total. The number of hydrogen-bond acceptors (Lipinski definition) is 7. The zero-order chi connectivity index (χ0) is 28.1. The minimum absolute atomic E-state index is 0.0265. The largest absolute Gasteiger partial charge is 0.417 e. The first-order valence-corrected chi connectivity index (χ1v) is 14.0. The van der Waals surface area contributed by atoms with Crippen molar-refractivity contribution in [3.63, 3.8) is 0 Å². The molecular weight excluding hydrogens is 591 g/mol. The molecule has 0 bridgehead atoms. The average molecular weight is 618 g/mol. The predicted molar refractivity (Wildman–Crippen MR) is 146 cm³/mol. The maximum Gasteiger partial charge on any atom is 0.417 e. The minimum Gasteiger partial charge on any atom is -0.380 e. The SMILES string of the molecule is O=C(N[C@H]1CC[C@](O)(C(F)(F)F)CC1)[C@@H]1CC[C@@H](Nc2ncc3c(Br)nn(-c4ccc5ncccc5c4)c3n2)C1. The van der Waals surface area contributed by atoms with Crippen LogP contribution in [0.1, 0.15) is 44.9 Å². The molecule has 0 saturated heterocycles. The van der Waals surface area contributed by atoms with E-state index < -0.39 is 24.6 Å². The van der Waals surface area contributed by atoms with Crippen LogP contribution in [0.5, 0.6) is 0 Å². The standard InChI is InChI=1S/C27H27BrF3N7O2/c28-22-20-14-33-25(36-23(20)38(37-22)19-5-6-21-15(13-19)2-1-11-32-21)35-18-4-3-16(12-18)24(39)34-17-7-9-26(40,10-8-17)27(29,30)31/h1-2,5-6,11,13-14,16-18,40H,3-4,7-10,12H2,(H,34,39)(H,33,35,36)/t16-,17-,18-,26+/m1/s1. The molecule has 3 aromatic heterocycles. The molecular formula is C27H27BrF3N7O2. The Bertz CT molecular complexity index is 1570. The van der Waals surface area contributed by atoms with Gasteiger partial charge in [0.1, 0.15) is 4.60 Å². The lowest BCUT2D eigenvalue weighted by atomic mass is 9.81. The van der Waals surface area contributed by atoms with Gasteiger partial charge in [-0.15, -0.1) is 0 Å². The molecule has 40 heavy (non-hydrogen) atoms. The van der Waals surface area contributed by atoms with Crippen LogP contribution in [-0.4, -0.2) is 59.6 Å². The summed E-state index contributed by atoms with van der Waals surface area (Å²) < 4.78 is 41.6. The molecule has 1 amide bonds. The first kappa shape index (κ1) is 26.9. The van der Waals surface area contributed by atoms with E-state index in [0.717, 1.165) is 28.4 Å². The van der Waals surface area contributed by atoms with Gasteiger partial charge in [0.25, 0.3) is 0 Å². The number of rotatable bonds is 5. The fraction of sp³-hybridized carbons (Fsp3) is 0.444. The number of aliphatic hydroxyl groups is 1. The third kappa shape index (κ3) is 5.12. The molecule has 2 fully saturated rings. The van der Waals surface area contributed by atoms with Crippen LogP contribution >= 0.6 is 15.9 Å². The maximum atomic E-state index is 13.1. The summed E-state index contributed by atoms with van der Waals surface area (Å²) in [5.41, 5.74) is -0.329. The zero-order valence-corrected chi connectivity index (χ0v) is 22.9. The Balaban J connectivity index is 1.11. The Labute approximate surface area is 235 Å². The van der Waals surface area contributed by atoms with Gasteiger partial charge in [0.2, 0.25) is 11.9 Å². The summed E-state index contributed by atoms with van der Waals surface area (Å²) in [6.45, 7) is 0. The average Bonchev–Trinajstić information content (AvgIpc) is 3.53. The van der Waals surface area contributed by atoms with Crippen LogP contribution < -0.4 is 10.6 Å². The number of benzene rings is 1. The molecule has 0 radical (unpaired) electrons. The fourth-order valence-corrected chi connectivity index (χ4v) is 6.13. The Morgan fingerprint density at radius 2 is 1.90 bits per heavy atom. The summed E-state index contributed by atoms with van der Waals surface area (Å²) in [6.07, 6.45) is 0.131. The van der Waals surface area contributed by atoms with Crippen molar-refractivity contribution < 1.29 is 23.1 Å². The topological polar surface area (TPSA) is 118 Å². The summed E-state index contributed by atoms with van der Waals surface area (Å²) in [6, 6.07) is 9.33. The molecule has 0 spiro atoms. The van der Waals surface area contributed by atoms with Crippen LogP contribution in [0, 0.1) is 5.92 Å². The van der Waals surface area contributed by atoms with Crippen LogP contribution in [0.15, 0.2) is 47.3 Å². The van der Waals surface area contributed by atoms with Crippen LogP contribution in [0.4, 0.5) is 19.1 Å². The van der Waals surface area contributed by atoms with E-state index in [9.17, 15) is 23.1 Å². The second-order valence-corrected chi connectivity index (χ2v) is 11.4. The number of amides is 1. The first-order chi connectivity index (χ1) is 19.1. The molecule has 2 saturated carbocycles. The van der Waals surface area contributed by atoms with Gasteiger partial charge < -0.3 is 15.7 Å². The molecule has 2 aliphatic carbocycles. The van der Waals surface area contributed by atoms with Crippen LogP contribution in [0.3, 0.4) is 0 Å². The molecule has 3 N–H and O–H groups in total. The Hall–Kier alpha value is -3.32. The number of anilines is 1. The second-order valence-electron chi connectivity index (χ2n) is 10.7. The highest BCUT2D eigenvalue weighted by Gasteiger charge is 2.54. The second kappa shape index (κ2) is 10.3. The van der Waals surface area contributed by atoms with E-state index in [4.69, 9.17) is 4.98 Å². The summed E-state index contributed by atoms with van der Waals surface area (Å²) in [7, 11) is 0. The number of hydrogen-bond donors (Lipinski definition) is 3. The van der Waals surface area contributed by atoms with Gasteiger partial charge >= 0.3 is 6.18 Å². The Kier molecular flexibility index (Phi) is 6.89. The van der Waals surface area contributed by atoms with E-state index in [1.54, 1.807) is 17.1 Å². The predicted octanol–water partition coefficient (Wildman–Crippen LogP) is 5.06. The fourth-order valence-electron chi connectivity index (χ4n) is 5.69. The van der Waals surface area contributed by atoms with Crippen molar-refractivity contribution in [3.8, 4) is 5.69 Å². The quantitative estimate of drug-likeness (QED) is 0.286. The van der Waals surface area contributed by atoms with Gasteiger partial charge in [-0.25, -0.2) is 9.67 Å². The number of carbonyl (C=O) groups excluding carboxylic acids is 1. The number of fused-ring (bicyclic) bond motifs is 2. The van der Waals surface area contributed by atoms with Crippen molar-refractivity contribution in [2.24, 2.45) is 5.92 Å². The number of nitrogens with zero attached hydrogens (tertiary/aromatic N) is 5. The van der Waals surface area contributed by atoms with Crippen molar-refractivity contribution in [2.75, 3.05) is 5.32 Å². The van der Waals surface area contributed by atoms with Crippen LogP contribution in [0.25, 0.3) is 27.6 Å². The lowest BCUT2D eigenvalue weighted by molar-refractivity contribution is -0.270. The Morgan fingerprint density at radius 1 is 1.10 bits per heavy atom. The van der Waals surface area contributed by atoms with Crippen LogP contribution in [0.2, 0.25) is 0 Å². The van der Waals surface area contributed by atoms with Gasteiger partial charge in [-0.1, -0.05) is 6.07 Å². The monoisotopic (exact) mass is 617 g/mol. The smallest absolute Gasteiger partial charge is 0.380 e. The van der Waals surface area contributed by atoms with Gasteiger partial charge in [0.15, 0.2) is 11.2 Å². The zero-order valence-electron chi connectivity index (χ0n) is 21.3.